The molecule has 96 valence electrons. The van der Waals surface area contributed by atoms with E-state index in [0.29, 0.717) is 0 Å². The number of carbonyl (C=O) groups excluding carboxylic acids is 1. The number of hydrogen-bond acceptors (Lipinski definition) is 3. The molecule has 1 aromatic carbocycles. The van der Waals surface area contributed by atoms with Gasteiger partial charge in [0.15, 0.2) is 0 Å². The maximum absolute atomic E-state index is 11.5. The standard InChI is InChI=1S/C14H19N3O/c1-3-4-5-8-17(2)10-6-7-11-12(9-10)16-14(18)13(11)15/h3,6-7,9,13H,1,4-5,8,15H2,2H3,(H,16,18). The van der Waals surface area contributed by atoms with Crippen LogP contribution in [0, 0.1) is 0 Å². The second-order valence-corrected chi connectivity index (χ2v) is 4.59. The molecule has 0 aromatic heterocycles. The SMILES string of the molecule is C=CCCCN(C)c1ccc2c(c1)NC(=O)C2N. The highest BCUT2D eigenvalue weighted by Gasteiger charge is 2.27. The molecule has 2 rings (SSSR count). The van der Waals surface area contributed by atoms with Gasteiger partial charge in [-0.2, -0.15) is 0 Å². The van der Waals surface area contributed by atoms with Crippen LogP contribution >= 0.6 is 0 Å². The molecule has 0 bridgehead atoms. The topological polar surface area (TPSA) is 58.4 Å². The van der Waals surface area contributed by atoms with Crippen LogP contribution in [0.4, 0.5) is 11.4 Å². The molecule has 0 radical (unpaired) electrons. The van der Waals surface area contributed by atoms with Crippen LogP contribution in [0.1, 0.15) is 24.4 Å². The number of anilines is 2. The highest BCUT2D eigenvalue weighted by molar-refractivity contribution is 6.02. The molecule has 3 N–H and O–H groups in total. The van der Waals surface area contributed by atoms with Crippen molar-refractivity contribution in [2.45, 2.75) is 18.9 Å². The molecule has 0 aliphatic carbocycles. The lowest BCUT2D eigenvalue weighted by Gasteiger charge is -2.19. The molecule has 1 aliphatic rings. The molecule has 4 nitrogen and oxygen atoms in total. The minimum absolute atomic E-state index is 0.128. The minimum atomic E-state index is -0.528. The molecule has 0 saturated carbocycles. The van der Waals surface area contributed by atoms with Crippen molar-refractivity contribution in [2.24, 2.45) is 5.73 Å². The zero-order chi connectivity index (χ0) is 13.1. The Morgan fingerprint density at radius 1 is 1.56 bits per heavy atom. The van der Waals surface area contributed by atoms with Gasteiger partial charge in [0.25, 0.3) is 0 Å². The van der Waals surface area contributed by atoms with E-state index < -0.39 is 6.04 Å². The van der Waals surface area contributed by atoms with E-state index in [-0.39, 0.29) is 5.91 Å². The highest BCUT2D eigenvalue weighted by Crippen LogP contribution is 2.32. The van der Waals surface area contributed by atoms with Gasteiger partial charge in [-0.1, -0.05) is 12.1 Å². The number of amides is 1. The number of hydrogen-bond donors (Lipinski definition) is 2. The molecule has 1 amide bonds. The van der Waals surface area contributed by atoms with Crippen molar-refractivity contribution < 1.29 is 4.79 Å². The van der Waals surface area contributed by atoms with Gasteiger partial charge in [0, 0.05) is 30.5 Å². The Kier molecular flexibility index (Phi) is 3.67. The second-order valence-electron chi connectivity index (χ2n) is 4.59. The highest BCUT2D eigenvalue weighted by atomic mass is 16.2. The summed E-state index contributed by atoms with van der Waals surface area (Å²) < 4.78 is 0. The van der Waals surface area contributed by atoms with E-state index in [0.717, 1.165) is 36.3 Å². The fraction of sp³-hybridized carbons (Fsp3) is 0.357. The number of rotatable bonds is 5. The van der Waals surface area contributed by atoms with Crippen LogP contribution in [0.5, 0.6) is 0 Å². The number of nitrogens with one attached hydrogen (secondary N) is 1. The summed E-state index contributed by atoms with van der Waals surface area (Å²) in [4.78, 5) is 13.6. The van der Waals surface area contributed by atoms with Gasteiger partial charge in [-0.3, -0.25) is 4.79 Å². The number of carbonyl (C=O) groups is 1. The van der Waals surface area contributed by atoms with Crippen molar-refractivity contribution in [3.8, 4) is 0 Å². The van der Waals surface area contributed by atoms with Crippen molar-refractivity contribution in [1.82, 2.24) is 0 Å². The third kappa shape index (κ3) is 2.38. The van der Waals surface area contributed by atoms with E-state index in [1.54, 1.807) is 0 Å². The van der Waals surface area contributed by atoms with Crippen LogP contribution < -0.4 is 16.0 Å². The van der Waals surface area contributed by atoms with Crippen molar-refractivity contribution in [1.29, 1.82) is 0 Å². The maximum Gasteiger partial charge on any atom is 0.245 e. The molecular weight excluding hydrogens is 226 g/mol. The zero-order valence-electron chi connectivity index (χ0n) is 10.6. The molecule has 1 aliphatic heterocycles. The predicted octanol–water partition coefficient (Wildman–Crippen LogP) is 2.04. The molecule has 1 unspecified atom stereocenters. The molecule has 1 heterocycles. The van der Waals surface area contributed by atoms with Gasteiger partial charge in [-0.05, 0) is 25.0 Å². The van der Waals surface area contributed by atoms with Crippen molar-refractivity contribution in [3.63, 3.8) is 0 Å². The Hall–Kier alpha value is -1.81. The minimum Gasteiger partial charge on any atom is -0.375 e. The summed E-state index contributed by atoms with van der Waals surface area (Å²) in [6.07, 6.45) is 4.01. The molecule has 4 heteroatoms. The van der Waals surface area contributed by atoms with E-state index in [1.165, 1.54) is 0 Å². The second kappa shape index (κ2) is 5.23. The van der Waals surface area contributed by atoms with Crippen LogP contribution in [0.3, 0.4) is 0 Å². The zero-order valence-corrected chi connectivity index (χ0v) is 10.6. The van der Waals surface area contributed by atoms with E-state index in [2.05, 4.69) is 16.8 Å². The van der Waals surface area contributed by atoms with Gasteiger partial charge >= 0.3 is 0 Å². The summed E-state index contributed by atoms with van der Waals surface area (Å²) in [6.45, 7) is 4.68. The lowest BCUT2D eigenvalue weighted by atomic mass is 10.1. The summed E-state index contributed by atoms with van der Waals surface area (Å²) in [5.41, 5.74) is 8.58. The van der Waals surface area contributed by atoms with Crippen molar-refractivity contribution in [2.75, 3.05) is 23.8 Å². The summed E-state index contributed by atoms with van der Waals surface area (Å²) >= 11 is 0. The van der Waals surface area contributed by atoms with Gasteiger partial charge in [-0.15, -0.1) is 6.58 Å². The molecule has 0 fully saturated rings. The Morgan fingerprint density at radius 3 is 3.06 bits per heavy atom. The van der Waals surface area contributed by atoms with E-state index >= 15 is 0 Å². The first-order chi connectivity index (χ1) is 8.63. The predicted molar refractivity (Wildman–Crippen MR) is 74.7 cm³/mol. The van der Waals surface area contributed by atoms with Crippen LogP contribution in [0.2, 0.25) is 0 Å². The fourth-order valence-electron chi connectivity index (χ4n) is 2.11. The smallest absolute Gasteiger partial charge is 0.245 e. The average molecular weight is 245 g/mol. The van der Waals surface area contributed by atoms with Gasteiger partial charge in [0.2, 0.25) is 5.91 Å². The Balaban J connectivity index is 2.10. The largest absolute Gasteiger partial charge is 0.375 e. The number of nitrogens with zero attached hydrogens (tertiary/aromatic N) is 1. The number of nitrogens with two attached hydrogens (primary N) is 1. The summed E-state index contributed by atoms with van der Waals surface area (Å²) in [5.74, 6) is -0.128. The Labute approximate surface area is 107 Å². The number of fused-ring (bicyclic) bond motifs is 1. The van der Waals surface area contributed by atoms with E-state index in [9.17, 15) is 4.79 Å². The molecule has 1 aromatic rings. The van der Waals surface area contributed by atoms with Gasteiger partial charge in [-0.25, -0.2) is 0 Å². The first kappa shape index (κ1) is 12.6. The van der Waals surface area contributed by atoms with Crippen LogP contribution in [0.25, 0.3) is 0 Å². The molecule has 0 saturated heterocycles. The monoisotopic (exact) mass is 245 g/mol. The van der Waals surface area contributed by atoms with Crippen molar-refractivity contribution >= 4 is 17.3 Å². The van der Waals surface area contributed by atoms with E-state index in [4.69, 9.17) is 5.73 Å². The molecule has 1 atom stereocenters. The summed E-state index contributed by atoms with van der Waals surface area (Å²) in [5, 5.41) is 2.80. The summed E-state index contributed by atoms with van der Waals surface area (Å²) in [7, 11) is 2.04. The Bertz CT molecular complexity index is 470. The Morgan fingerprint density at radius 2 is 2.33 bits per heavy atom. The maximum atomic E-state index is 11.5. The van der Waals surface area contributed by atoms with Gasteiger partial charge in [0.05, 0.1) is 0 Å². The van der Waals surface area contributed by atoms with Gasteiger partial charge < -0.3 is 16.0 Å². The van der Waals surface area contributed by atoms with Crippen molar-refractivity contribution in [3.05, 3.63) is 36.4 Å². The number of benzene rings is 1. The number of allylic oxidation sites excluding steroid dienone is 1. The summed E-state index contributed by atoms with van der Waals surface area (Å²) in [6, 6.07) is 5.39. The third-order valence-corrected chi connectivity index (χ3v) is 3.25. The quantitative estimate of drug-likeness (QED) is 0.616. The molecule has 18 heavy (non-hydrogen) atoms. The van der Waals surface area contributed by atoms with Gasteiger partial charge in [0.1, 0.15) is 6.04 Å². The molecule has 0 spiro atoms. The first-order valence-electron chi connectivity index (χ1n) is 6.16. The normalized spacial score (nSPS) is 17.2. The third-order valence-electron chi connectivity index (χ3n) is 3.25. The first-order valence-corrected chi connectivity index (χ1v) is 6.16. The lowest BCUT2D eigenvalue weighted by molar-refractivity contribution is -0.116. The lowest BCUT2D eigenvalue weighted by Crippen LogP contribution is -2.19. The number of unbranched alkanes of at least 4 members (excludes halogenated alkanes) is 1. The van der Waals surface area contributed by atoms with Crippen LogP contribution in [-0.4, -0.2) is 19.5 Å². The van der Waals surface area contributed by atoms with Crippen LogP contribution in [-0.2, 0) is 4.79 Å². The molecular formula is C14H19N3O. The average Bonchev–Trinajstić information content (AvgIpc) is 2.65. The van der Waals surface area contributed by atoms with E-state index in [1.807, 2.05) is 31.3 Å². The fourth-order valence-corrected chi connectivity index (χ4v) is 2.11. The van der Waals surface area contributed by atoms with Crippen LogP contribution in [0.15, 0.2) is 30.9 Å².